The molecule has 0 amide bonds. The number of aromatic nitrogens is 2. The number of rotatable bonds is 7. The van der Waals surface area contributed by atoms with E-state index in [0.29, 0.717) is 5.56 Å². The molecule has 1 aliphatic rings. The summed E-state index contributed by atoms with van der Waals surface area (Å²) < 4.78 is 7.01. The van der Waals surface area contributed by atoms with Gasteiger partial charge in [-0.1, -0.05) is 25.5 Å². The van der Waals surface area contributed by atoms with E-state index in [0.717, 1.165) is 41.6 Å². The van der Waals surface area contributed by atoms with Crippen molar-refractivity contribution < 1.29 is 9.53 Å². The van der Waals surface area contributed by atoms with E-state index in [-0.39, 0.29) is 18.1 Å². The molecule has 0 spiro atoms. The van der Waals surface area contributed by atoms with Crippen LogP contribution in [0.1, 0.15) is 53.6 Å². The molecule has 0 saturated carbocycles. The van der Waals surface area contributed by atoms with Gasteiger partial charge in [0.05, 0.1) is 30.5 Å². The zero-order chi connectivity index (χ0) is 21.8. The number of unbranched alkanes of at least 4 members (excludes halogenated alkanes) is 1. The second kappa shape index (κ2) is 9.31. The number of carbonyl (C=O) groups is 1. The van der Waals surface area contributed by atoms with Crippen molar-refractivity contribution in [2.24, 2.45) is 0 Å². The van der Waals surface area contributed by atoms with Crippen LogP contribution < -0.4 is 5.32 Å². The van der Waals surface area contributed by atoms with Crippen LogP contribution in [-0.4, -0.2) is 39.2 Å². The average molecular weight is 435 g/mol. The highest BCUT2D eigenvalue weighted by atomic mass is 32.1. The molecule has 4 rings (SSSR count). The molecular formula is C24H26N4O2S. The third kappa shape index (κ3) is 4.18. The zero-order valence-corrected chi connectivity index (χ0v) is 18.5. The van der Waals surface area contributed by atoms with E-state index < -0.39 is 0 Å². The van der Waals surface area contributed by atoms with E-state index in [1.165, 1.54) is 7.11 Å². The Kier molecular flexibility index (Phi) is 6.32. The topological polar surface area (TPSA) is 59.4 Å². The Hall–Kier alpha value is -3.19. The van der Waals surface area contributed by atoms with Crippen LogP contribution in [0.15, 0.2) is 67.0 Å². The molecule has 31 heavy (non-hydrogen) atoms. The second-order valence-electron chi connectivity index (χ2n) is 7.52. The number of carbonyl (C=O) groups excluding carboxylic acids is 1. The maximum atomic E-state index is 12.1. The van der Waals surface area contributed by atoms with Crippen LogP contribution in [0.4, 0.5) is 0 Å². The summed E-state index contributed by atoms with van der Waals surface area (Å²) in [6.07, 6.45) is 5.96. The van der Waals surface area contributed by atoms with Crippen molar-refractivity contribution in [2.75, 3.05) is 13.7 Å². The molecule has 0 radical (unpaired) electrons. The lowest BCUT2D eigenvalue weighted by Gasteiger charge is -2.29. The van der Waals surface area contributed by atoms with E-state index in [4.69, 9.17) is 17.0 Å². The highest BCUT2D eigenvalue weighted by molar-refractivity contribution is 7.80. The maximum absolute atomic E-state index is 12.1. The van der Waals surface area contributed by atoms with Crippen molar-refractivity contribution in [1.82, 2.24) is 19.8 Å². The lowest BCUT2D eigenvalue weighted by atomic mass is 10.0. The third-order valence-electron chi connectivity index (χ3n) is 5.58. The van der Waals surface area contributed by atoms with Crippen LogP contribution in [0.3, 0.4) is 0 Å². The van der Waals surface area contributed by atoms with Crippen molar-refractivity contribution in [1.29, 1.82) is 0 Å². The summed E-state index contributed by atoms with van der Waals surface area (Å²) in [6, 6.07) is 17.5. The Balaban J connectivity index is 1.78. The number of thiocarbonyl (C=S) groups is 1. The fraction of sp³-hybridized carbons (Fsp3) is 0.292. The van der Waals surface area contributed by atoms with Crippen molar-refractivity contribution >= 4 is 23.3 Å². The summed E-state index contributed by atoms with van der Waals surface area (Å²) in [5.41, 5.74) is 3.45. The van der Waals surface area contributed by atoms with Crippen molar-refractivity contribution in [2.45, 2.75) is 31.8 Å². The molecule has 160 valence electrons. The summed E-state index contributed by atoms with van der Waals surface area (Å²) >= 11 is 5.73. The molecule has 6 nitrogen and oxygen atoms in total. The standard InChI is InChI=1S/C24H26N4O2S/c1-3-4-14-28-22(21(26-24(28)31)19-11-5-6-13-25-19)20-12-8-15-27(20)18-10-7-9-17(16-18)23(29)30-2/h5-13,15-16,21-22H,3-4,14H2,1-2H3,(H,26,31)/t21-,22+/m1/s1. The Labute approximate surface area is 187 Å². The number of ether oxygens (including phenoxy) is 1. The van der Waals surface area contributed by atoms with Gasteiger partial charge in [-0.2, -0.15) is 0 Å². The Morgan fingerprint density at radius 1 is 1.19 bits per heavy atom. The summed E-state index contributed by atoms with van der Waals surface area (Å²) in [6.45, 7) is 3.04. The number of esters is 1. The number of pyridine rings is 1. The molecule has 2 aromatic heterocycles. The van der Waals surface area contributed by atoms with E-state index >= 15 is 0 Å². The summed E-state index contributed by atoms with van der Waals surface area (Å²) in [7, 11) is 1.39. The molecule has 3 aromatic rings. The molecule has 0 aliphatic carbocycles. The molecule has 3 heterocycles. The predicted octanol–water partition coefficient (Wildman–Crippen LogP) is 4.43. The minimum Gasteiger partial charge on any atom is -0.465 e. The van der Waals surface area contributed by atoms with Crippen LogP contribution in [0.5, 0.6) is 0 Å². The van der Waals surface area contributed by atoms with Gasteiger partial charge < -0.3 is 19.5 Å². The molecule has 0 bridgehead atoms. The van der Waals surface area contributed by atoms with Crippen molar-refractivity contribution in [3.8, 4) is 5.69 Å². The predicted molar refractivity (Wildman–Crippen MR) is 124 cm³/mol. The third-order valence-corrected chi connectivity index (χ3v) is 5.93. The van der Waals surface area contributed by atoms with Crippen LogP contribution in [0, 0.1) is 0 Å². The molecule has 1 N–H and O–H groups in total. The lowest BCUT2D eigenvalue weighted by molar-refractivity contribution is 0.0600. The quantitative estimate of drug-likeness (QED) is 0.438. The number of methoxy groups -OCH3 is 1. The average Bonchev–Trinajstić information content (AvgIpc) is 3.42. The van der Waals surface area contributed by atoms with Crippen LogP contribution in [0.25, 0.3) is 5.69 Å². The van der Waals surface area contributed by atoms with Gasteiger partial charge in [0.1, 0.15) is 0 Å². The Morgan fingerprint density at radius 3 is 2.81 bits per heavy atom. The van der Waals surface area contributed by atoms with Gasteiger partial charge in [-0.3, -0.25) is 4.98 Å². The lowest BCUT2D eigenvalue weighted by Crippen LogP contribution is -2.31. The minimum atomic E-state index is -0.352. The largest absolute Gasteiger partial charge is 0.465 e. The first kappa shape index (κ1) is 21.1. The van der Waals surface area contributed by atoms with Gasteiger partial charge in [-0.15, -0.1) is 0 Å². The van der Waals surface area contributed by atoms with Gasteiger partial charge in [0.25, 0.3) is 0 Å². The number of hydrogen-bond acceptors (Lipinski definition) is 4. The summed E-state index contributed by atoms with van der Waals surface area (Å²) in [5, 5.41) is 4.23. The maximum Gasteiger partial charge on any atom is 0.337 e. The van der Waals surface area contributed by atoms with E-state index in [2.05, 4.69) is 32.8 Å². The highest BCUT2D eigenvalue weighted by Crippen LogP contribution is 2.39. The molecule has 2 atom stereocenters. The van der Waals surface area contributed by atoms with Gasteiger partial charge in [0.15, 0.2) is 5.11 Å². The normalized spacial score (nSPS) is 18.1. The SMILES string of the molecule is CCCCN1C(=S)N[C@H](c2ccccn2)[C@@H]1c1cccn1-c1cccc(C(=O)OC)c1. The molecule has 1 fully saturated rings. The van der Waals surface area contributed by atoms with Crippen LogP contribution >= 0.6 is 12.2 Å². The molecule has 1 aliphatic heterocycles. The fourth-order valence-corrected chi connectivity index (χ4v) is 4.40. The first-order valence-electron chi connectivity index (χ1n) is 10.5. The number of nitrogens with zero attached hydrogens (tertiary/aromatic N) is 3. The van der Waals surface area contributed by atoms with E-state index in [1.54, 1.807) is 6.07 Å². The van der Waals surface area contributed by atoms with Crippen molar-refractivity contribution in [3.05, 3.63) is 83.9 Å². The summed E-state index contributed by atoms with van der Waals surface area (Å²) in [5.74, 6) is -0.352. The highest BCUT2D eigenvalue weighted by Gasteiger charge is 2.40. The second-order valence-corrected chi connectivity index (χ2v) is 7.91. The molecule has 0 unspecified atom stereocenters. The van der Waals surface area contributed by atoms with Crippen LogP contribution in [0.2, 0.25) is 0 Å². The van der Waals surface area contributed by atoms with Gasteiger partial charge in [0, 0.05) is 30.3 Å². The fourth-order valence-electron chi connectivity index (χ4n) is 4.07. The Bertz CT molecular complexity index is 1070. The van der Waals surface area contributed by atoms with Gasteiger partial charge in [0.2, 0.25) is 0 Å². The number of nitrogens with one attached hydrogen (secondary N) is 1. The number of benzene rings is 1. The molecule has 7 heteroatoms. The summed E-state index contributed by atoms with van der Waals surface area (Å²) in [4.78, 5) is 18.9. The smallest absolute Gasteiger partial charge is 0.337 e. The number of hydrogen-bond donors (Lipinski definition) is 1. The van der Waals surface area contributed by atoms with E-state index in [1.807, 2.05) is 54.9 Å². The molecule has 1 aromatic carbocycles. The van der Waals surface area contributed by atoms with Crippen LogP contribution in [-0.2, 0) is 4.74 Å². The van der Waals surface area contributed by atoms with Crippen molar-refractivity contribution in [3.63, 3.8) is 0 Å². The van der Waals surface area contributed by atoms with E-state index in [9.17, 15) is 4.79 Å². The molecular weight excluding hydrogens is 408 g/mol. The molecule has 1 saturated heterocycles. The minimum absolute atomic E-state index is 0.0225. The van der Waals surface area contributed by atoms with Gasteiger partial charge in [-0.25, -0.2) is 4.79 Å². The first-order chi connectivity index (χ1) is 15.1. The first-order valence-corrected chi connectivity index (χ1v) is 10.9. The van der Waals surface area contributed by atoms with Gasteiger partial charge in [-0.05, 0) is 61.1 Å². The van der Waals surface area contributed by atoms with Gasteiger partial charge >= 0.3 is 5.97 Å². The Morgan fingerprint density at radius 2 is 2.06 bits per heavy atom. The zero-order valence-electron chi connectivity index (χ0n) is 17.7. The monoisotopic (exact) mass is 434 g/mol.